The van der Waals surface area contributed by atoms with Crippen molar-refractivity contribution in [3.63, 3.8) is 0 Å². The average molecular weight is 978 g/mol. The Balaban J connectivity index is 0.825. The van der Waals surface area contributed by atoms with Gasteiger partial charge >= 0.3 is 6.85 Å². The lowest BCUT2D eigenvalue weighted by Gasteiger charge is -2.63. The van der Waals surface area contributed by atoms with Crippen LogP contribution in [-0.4, -0.2) is 27.9 Å². The van der Waals surface area contributed by atoms with Crippen LogP contribution in [0.2, 0.25) is 0 Å². The van der Waals surface area contributed by atoms with Gasteiger partial charge in [-0.2, -0.15) is 8.78 Å². The van der Waals surface area contributed by atoms with Crippen LogP contribution in [0, 0.1) is 23.7 Å². The van der Waals surface area contributed by atoms with Crippen molar-refractivity contribution >= 4 is 51.4 Å². The molecule has 7 aromatic carbocycles. The van der Waals surface area contributed by atoms with Crippen LogP contribution in [0.4, 0.5) is 31.5 Å². The van der Waals surface area contributed by atoms with E-state index in [2.05, 4.69) is 171 Å². The van der Waals surface area contributed by atoms with Crippen molar-refractivity contribution in [1.29, 1.82) is 0 Å². The highest BCUT2D eigenvalue weighted by Crippen LogP contribution is 2.66. The lowest BCUT2D eigenvalue weighted by molar-refractivity contribution is -0.0411. The summed E-state index contributed by atoms with van der Waals surface area (Å²) in [5.41, 5.74) is 12.3. The third kappa shape index (κ3) is 6.84. The van der Waals surface area contributed by atoms with Gasteiger partial charge in [-0.25, -0.2) is 4.98 Å². The molecule has 364 valence electrons. The standard InChI is InChI=1S/C67H54BF2N5/c69-67(70,50-20-13-21-54(41-50)73-44-74(61-27-10-9-26-60(61)73)65-55(47-16-3-1-4-17-47)23-14-24-56(65)48-18-5-2-6-19-48)51-29-30-58-57-22-7-8-25-59(57)75(62(58)42-51)64-43-49(31-33-71-64)66(52-37-45-36-46(39-52)40-53(66)38-45)63-28-15-35-72-34-12-11-32-68(63)72/h1-35,41-43,45-46,52-53H,36-40,44H2. The van der Waals surface area contributed by atoms with Crippen molar-refractivity contribution in [2.75, 3.05) is 16.5 Å². The second kappa shape index (κ2) is 17.2. The first kappa shape index (κ1) is 44.3. The van der Waals surface area contributed by atoms with Crippen LogP contribution >= 0.6 is 0 Å². The Morgan fingerprint density at radius 3 is 1.93 bits per heavy atom. The lowest BCUT2D eigenvalue weighted by atomic mass is 9.33. The molecule has 0 spiro atoms. The van der Waals surface area contributed by atoms with Crippen molar-refractivity contribution in [1.82, 2.24) is 14.4 Å². The molecule has 75 heavy (non-hydrogen) atoms. The number of allylic oxidation sites excluding steroid dienone is 5. The van der Waals surface area contributed by atoms with Gasteiger partial charge in [-0.15, -0.1) is 0 Å². The van der Waals surface area contributed by atoms with Gasteiger partial charge in [0.1, 0.15) is 12.5 Å². The van der Waals surface area contributed by atoms with Crippen LogP contribution in [0.15, 0.2) is 236 Å². The molecule has 5 heterocycles. The fraction of sp³-hybridized carbons (Fsp3) is 0.179. The Morgan fingerprint density at radius 1 is 0.547 bits per heavy atom. The molecule has 8 heteroatoms. The zero-order valence-corrected chi connectivity index (χ0v) is 41.6. The van der Waals surface area contributed by atoms with Crippen LogP contribution in [0.25, 0.3) is 49.9 Å². The van der Waals surface area contributed by atoms with E-state index in [1.54, 1.807) is 30.3 Å². The smallest absolute Gasteiger partial charge is 0.316 e. The Kier molecular flexibility index (Phi) is 10.1. The normalized spacial score (nSPS) is 22.3. The molecule has 0 unspecified atom stereocenters. The third-order valence-electron chi connectivity index (χ3n) is 18.0. The molecule has 4 aliphatic carbocycles. The molecule has 0 atom stereocenters. The molecule has 7 aliphatic rings. The number of pyridine rings is 1. The summed E-state index contributed by atoms with van der Waals surface area (Å²) in [7, 11) is 0. The number of alkyl halides is 2. The summed E-state index contributed by atoms with van der Waals surface area (Å²) in [4.78, 5) is 12.0. The SMILES string of the molecule is FC(F)(c1cccc(N2CN(c3c(-c4ccccc4)cccc3-c3ccccc3)c3ccccc32)c1)c1ccc2c3ccccc3n(-c3cc(C4(C5=CC=CN6C=CC=CB56)C5CC6CC(C5)CC4C6)ccn3)c2c1. The van der Waals surface area contributed by atoms with Crippen molar-refractivity contribution in [3.05, 3.63) is 253 Å². The predicted octanol–water partition coefficient (Wildman–Crippen LogP) is 16.5. The van der Waals surface area contributed by atoms with Crippen molar-refractivity contribution in [2.45, 2.75) is 43.4 Å². The number of fused-ring (bicyclic) bond motifs is 5. The Morgan fingerprint density at radius 2 is 1.19 bits per heavy atom. The van der Waals surface area contributed by atoms with Crippen molar-refractivity contribution < 1.29 is 8.78 Å². The molecule has 0 N–H and O–H groups in total. The zero-order valence-electron chi connectivity index (χ0n) is 41.6. The van der Waals surface area contributed by atoms with Gasteiger partial charge in [0, 0.05) is 50.3 Å². The molecule has 0 radical (unpaired) electrons. The summed E-state index contributed by atoms with van der Waals surface area (Å²) in [6, 6.07) is 60.9. The summed E-state index contributed by atoms with van der Waals surface area (Å²) < 4.78 is 37.7. The van der Waals surface area contributed by atoms with Crippen LogP contribution in [0.5, 0.6) is 0 Å². The maximum atomic E-state index is 17.8. The topological polar surface area (TPSA) is 27.5 Å². The fourth-order valence-electron chi connectivity index (χ4n) is 15.1. The monoisotopic (exact) mass is 977 g/mol. The number of anilines is 4. The third-order valence-corrected chi connectivity index (χ3v) is 18.0. The van der Waals surface area contributed by atoms with E-state index in [1.807, 2.05) is 48.7 Å². The maximum absolute atomic E-state index is 17.8. The highest BCUT2D eigenvalue weighted by atomic mass is 19.3. The van der Waals surface area contributed by atoms with E-state index >= 15 is 8.78 Å². The van der Waals surface area contributed by atoms with Crippen LogP contribution in [0.3, 0.4) is 0 Å². The highest BCUT2D eigenvalue weighted by molar-refractivity contribution is 6.70. The van der Waals surface area contributed by atoms with Crippen molar-refractivity contribution in [2.24, 2.45) is 23.7 Å². The van der Waals surface area contributed by atoms with E-state index < -0.39 is 5.92 Å². The van der Waals surface area contributed by atoms with Crippen LogP contribution in [-0.2, 0) is 11.3 Å². The molecule has 9 aromatic rings. The summed E-state index contributed by atoms with van der Waals surface area (Å²) in [6.45, 7) is 0.578. The molecule has 2 aromatic heterocycles. The first-order chi connectivity index (χ1) is 36.9. The predicted molar refractivity (Wildman–Crippen MR) is 303 cm³/mol. The Labute approximate surface area is 437 Å². The van der Waals surface area contributed by atoms with Gasteiger partial charge in [-0.1, -0.05) is 157 Å². The lowest BCUT2D eigenvalue weighted by Crippen LogP contribution is -2.60. The molecule has 4 fully saturated rings. The zero-order chi connectivity index (χ0) is 49.8. The van der Waals surface area contributed by atoms with E-state index in [-0.39, 0.29) is 23.4 Å². The van der Waals surface area contributed by atoms with E-state index in [4.69, 9.17) is 4.98 Å². The summed E-state index contributed by atoms with van der Waals surface area (Å²) in [5.74, 6) is 2.41. The highest BCUT2D eigenvalue weighted by Gasteiger charge is 2.61. The van der Waals surface area contributed by atoms with Gasteiger partial charge in [0.15, 0.2) is 0 Å². The van der Waals surface area contributed by atoms with Gasteiger partial charge in [0.2, 0.25) is 0 Å². The maximum Gasteiger partial charge on any atom is 0.316 e. The van der Waals surface area contributed by atoms with Gasteiger partial charge in [-0.05, 0) is 146 Å². The second-order valence-corrected chi connectivity index (χ2v) is 21.8. The van der Waals surface area contributed by atoms with E-state index in [1.165, 1.54) is 43.1 Å². The number of hydrogen-bond donors (Lipinski definition) is 0. The quantitative estimate of drug-likeness (QED) is 0.135. The number of nitrogens with zero attached hydrogens (tertiary/aromatic N) is 5. The molecule has 0 amide bonds. The first-order valence-electron chi connectivity index (χ1n) is 26.8. The molecule has 5 nitrogen and oxygen atoms in total. The Bertz CT molecular complexity index is 3770. The number of aromatic nitrogens is 2. The number of hydrogen-bond acceptors (Lipinski definition) is 4. The van der Waals surface area contributed by atoms with Crippen LogP contribution in [0.1, 0.15) is 48.8 Å². The minimum Gasteiger partial charge on any atom is -0.390 e. The number of halogens is 2. The summed E-state index contributed by atoms with van der Waals surface area (Å²) in [6.07, 6.45) is 21.7. The largest absolute Gasteiger partial charge is 0.390 e. The minimum atomic E-state index is -3.33. The van der Waals surface area contributed by atoms with E-state index in [0.717, 1.165) is 78.8 Å². The summed E-state index contributed by atoms with van der Waals surface area (Å²) >= 11 is 0. The molecular weight excluding hydrogens is 924 g/mol. The Hall–Kier alpha value is -8.23. The molecule has 16 rings (SSSR count). The number of rotatable bonds is 9. The molecule has 4 bridgehead atoms. The van der Waals surface area contributed by atoms with Gasteiger partial charge < -0.3 is 14.6 Å². The summed E-state index contributed by atoms with van der Waals surface area (Å²) in [5, 5.41) is 1.93. The van der Waals surface area contributed by atoms with E-state index in [0.29, 0.717) is 24.2 Å². The molecule has 4 saturated carbocycles. The first-order valence-corrected chi connectivity index (χ1v) is 26.8. The van der Waals surface area contributed by atoms with Crippen molar-refractivity contribution in [3.8, 4) is 28.1 Å². The minimum absolute atomic E-state index is 0.0611. The van der Waals surface area contributed by atoms with Gasteiger partial charge in [0.25, 0.3) is 5.92 Å². The molecule has 0 saturated heterocycles. The molecular formula is C67H54BF2N5. The number of para-hydroxylation sites is 4. The number of benzene rings is 7. The average Bonchev–Trinajstić information content (AvgIpc) is 4.02. The van der Waals surface area contributed by atoms with Gasteiger partial charge in [-0.3, -0.25) is 4.57 Å². The molecule has 3 aliphatic heterocycles. The van der Waals surface area contributed by atoms with Crippen LogP contribution < -0.4 is 9.80 Å². The van der Waals surface area contributed by atoms with E-state index in [9.17, 15) is 0 Å². The second-order valence-electron chi connectivity index (χ2n) is 21.8. The fourth-order valence-corrected chi connectivity index (χ4v) is 15.1. The van der Waals surface area contributed by atoms with Gasteiger partial charge in [0.05, 0.1) is 28.1 Å².